The Bertz CT molecular complexity index is 557. The number of rotatable bonds is 5. The summed E-state index contributed by atoms with van der Waals surface area (Å²) in [5.41, 5.74) is 6.33. The highest BCUT2D eigenvalue weighted by Gasteiger charge is 2.13. The molecule has 2 rings (SSSR count). The first-order valence-electron chi connectivity index (χ1n) is 6.06. The van der Waals surface area contributed by atoms with E-state index < -0.39 is 5.82 Å². The highest BCUT2D eigenvalue weighted by molar-refractivity contribution is 5.54. The van der Waals surface area contributed by atoms with Crippen molar-refractivity contribution in [3.05, 3.63) is 29.8 Å². The molecule has 1 heterocycles. The number of hydrogen-bond acceptors (Lipinski definition) is 5. The molecule has 1 atom stereocenters. The lowest BCUT2D eigenvalue weighted by molar-refractivity contribution is 0.386. The maximum atomic E-state index is 13.6. The minimum Gasteiger partial charge on any atom is -0.494 e. The first-order valence-corrected chi connectivity index (χ1v) is 6.06. The molecule has 2 aromatic rings. The van der Waals surface area contributed by atoms with Crippen molar-refractivity contribution in [1.82, 2.24) is 10.1 Å². The monoisotopic (exact) mass is 265 g/mol. The normalized spacial score (nSPS) is 12.4. The van der Waals surface area contributed by atoms with Crippen molar-refractivity contribution in [2.45, 2.75) is 25.8 Å². The molecule has 0 spiro atoms. The van der Waals surface area contributed by atoms with E-state index in [0.29, 0.717) is 17.8 Å². The summed E-state index contributed by atoms with van der Waals surface area (Å²) in [4.78, 5) is 4.20. The predicted molar refractivity (Wildman–Crippen MR) is 68.2 cm³/mol. The average molecular weight is 265 g/mol. The highest BCUT2D eigenvalue weighted by atomic mass is 19.1. The van der Waals surface area contributed by atoms with E-state index in [4.69, 9.17) is 15.0 Å². The van der Waals surface area contributed by atoms with E-state index >= 15 is 0 Å². The lowest BCUT2D eigenvalue weighted by Crippen LogP contribution is -2.21. The van der Waals surface area contributed by atoms with Crippen LogP contribution in [-0.2, 0) is 6.42 Å². The highest BCUT2D eigenvalue weighted by Crippen LogP contribution is 2.24. The topological polar surface area (TPSA) is 74.2 Å². The number of methoxy groups -OCH3 is 1. The maximum absolute atomic E-state index is 13.6. The van der Waals surface area contributed by atoms with Crippen molar-refractivity contribution in [3.63, 3.8) is 0 Å². The number of halogens is 1. The second kappa shape index (κ2) is 5.79. The Labute approximate surface area is 110 Å². The molecular formula is C13H16FN3O2. The molecule has 0 bridgehead atoms. The molecule has 0 saturated heterocycles. The van der Waals surface area contributed by atoms with E-state index in [-0.39, 0.29) is 17.7 Å². The van der Waals surface area contributed by atoms with E-state index in [1.54, 1.807) is 6.07 Å². The fraction of sp³-hybridized carbons (Fsp3) is 0.385. The zero-order chi connectivity index (χ0) is 13.8. The van der Waals surface area contributed by atoms with Crippen molar-refractivity contribution < 1.29 is 13.7 Å². The third-order valence-corrected chi connectivity index (χ3v) is 2.84. The Kier molecular flexibility index (Phi) is 4.11. The molecule has 0 saturated carbocycles. The fourth-order valence-electron chi connectivity index (χ4n) is 1.63. The quantitative estimate of drug-likeness (QED) is 0.896. The number of nitrogens with two attached hydrogens (primary N) is 1. The second-order valence-corrected chi connectivity index (χ2v) is 4.24. The summed E-state index contributed by atoms with van der Waals surface area (Å²) in [6, 6.07) is 4.49. The van der Waals surface area contributed by atoms with E-state index in [1.165, 1.54) is 19.2 Å². The van der Waals surface area contributed by atoms with Crippen LogP contribution in [0.4, 0.5) is 4.39 Å². The van der Waals surface area contributed by atoms with Gasteiger partial charge in [0.2, 0.25) is 0 Å². The smallest absolute Gasteiger partial charge is 0.258 e. The van der Waals surface area contributed by atoms with E-state index in [0.717, 1.165) is 6.42 Å². The number of aromatic nitrogens is 2. The van der Waals surface area contributed by atoms with E-state index in [2.05, 4.69) is 10.1 Å². The SMILES string of the molecule is CCC(N)Cc1noc(-c2ccc(OC)c(F)c2)n1. The Morgan fingerprint density at radius 3 is 2.89 bits per heavy atom. The summed E-state index contributed by atoms with van der Waals surface area (Å²) in [5, 5.41) is 3.83. The van der Waals surface area contributed by atoms with Crippen molar-refractivity contribution in [2.75, 3.05) is 7.11 Å². The molecule has 5 nitrogen and oxygen atoms in total. The van der Waals surface area contributed by atoms with Gasteiger partial charge in [-0.1, -0.05) is 12.1 Å². The lowest BCUT2D eigenvalue weighted by atomic mass is 10.1. The van der Waals surface area contributed by atoms with Gasteiger partial charge in [-0.25, -0.2) is 4.39 Å². The Morgan fingerprint density at radius 1 is 1.47 bits per heavy atom. The van der Waals surface area contributed by atoms with Gasteiger partial charge in [-0.2, -0.15) is 4.98 Å². The Morgan fingerprint density at radius 2 is 2.26 bits per heavy atom. The van der Waals surface area contributed by atoms with Crippen LogP contribution < -0.4 is 10.5 Å². The molecule has 1 aromatic heterocycles. The van der Waals surface area contributed by atoms with Gasteiger partial charge in [-0.15, -0.1) is 0 Å². The number of benzene rings is 1. The van der Waals surface area contributed by atoms with E-state index in [9.17, 15) is 4.39 Å². The fourth-order valence-corrected chi connectivity index (χ4v) is 1.63. The molecule has 0 aliphatic carbocycles. The van der Waals surface area contributed by atoms with Crippen molar-refractivity contribution in [3.8, 4) is 17.2 Å². The molecule has 0 radical (unpaired) electrons. The average Bonchev–Trinajstić information content (AvgIpc) is 2.87. The largest absolute Gasteiger partial charge is 0.494 e. The second-order valence-electron chi connectivity index (χ2n) is 4.24. The first kappa shape index (κ1) is 13.5. The zero-order valence-electron chi connectivity index (χ0n) is 10.9. The van der Waals surface area contributed by atoms with Crippen LogP contribution in [0.5, 0.6) is 5.75 Å². The van der Waals surface area contributed by atoms with Crippen LogP contribution in [0.15, 0.2) is 22.7 Å². The van der Waals surface area contributed by atoms with Gasteiger partial charge >= 0.3 is 0 Å². The summed E-state index contributed by atoms with van der Waals surface area (Å²) in [7, 11) is 1.41. The number of hydrogen-bond donors (Lipinski definition) is 1. The van der Waals surface area contributed by atoms with Crippen LogP contribution in [0.25, 0.3) is 11.5 Å². The molecule has 0 aliphatic heterocycles. The molecule has 1 unspecified atom stereocenters. The third kappa shape index (κ3) is 3.08. The van der Waals surface area contributed by atoms with Crippen LogP contribution in [0.2, 0.25) is 0 Å². The third-order valence-electron chi connectivity index (χ3n) is 2.84. The van der Waals surface area contributed by atoms with Crippen LogP contribution in [0, 0.1) is 5.82 Å². The molecule has 0 amide bonds. The lowest BCUT2D eigenvalue weighted by Gasteiger charge is -2.03. The molecule has 2 N–H and O–H groups in total. The molecule has 0 aliphatic rings. The van der Waals surface area contributed by atoms with Gasteiger partial charge in [-0.3, -0.25) is 0 Å². The molecule has 19 heavy (non-hydrogen) atoms. The van der Waals surface area contributed by atoms with Crippen LogP contribution in [0.3, 0.4) is 0 Å². The van der Waals surface area contributed by atoms with Crippen molar-refractivity contribution in [1.29, 1.82) is 0 Å². The summed E-state index contributed by atoms with van der Waals surface area (Å²) < 4.78 is 23.5. The summed E-state index contributed by atoms with van der Waals surface area (Å²) in [5.74, 6) is 0.516. The van der Waals surface area contributed by atoms with Gasteiger partial charge in [0.25, 0.3) is 5.89 Å². The number of ether oxygens (including phenoxy) is 1. The first-order chi connectivity index (χ1) is 9.13. The predicted octanol–water partition coefficient (Wildman–Crippen LogP) is 2.16. The van der Waals surface area contributed by atoms with Gasteiger partial charge in [-0.05, 0) is 24.6 Å². The van der Waals surface area contributed by atoms with Gasteiger partial charge in [0.1, 0.15) is 0 Å². The minimum absolute atomic E-state index is 0.00180. The Balaban J connectivity index is 2.20. The molecule has 6 heteroatoms. The van der Waals surface area contributed by atoms with Crippen LogP contribution >= 0.6 is 0 Å². The molecule has 102 valence electrons. The van der Waals surface area contributed by atoms with Crippen LogP contribution in [-0.4, -0.2) is 23.3 Å². The van der Waals surface area contributed by atoms with Gasteiger partial charge in [0, 0.05) is 18.0 Å². The maximum Gasteiger partial charge on any atom is 0.258 e. The molecule has 1 aromatic carbocycles. The summed E-state index contributed by atoms with van der Waals surface area (Å²) in [6.45, 7) is 1.99. The summed E-state index contributed by atoms with van der Waals surface area (Å²) >= 11 is 0. The van der Waals surface area contributed by atoms with Crippen LogP contribution in [0.1, 0.15) is 19.2 Å². The molecule has 0 fully saturated rings. The minimum atomic E-state index is -0.468. The molecular weight excluding hydrogens is 249 g/mol. The van der Waals surface area contributed by atoms with Crippen molar-refractivity contribution >= 4 is 0 Å². The zero-order valence-corrected chi connectivity index (χ0v) is 10.9. The van der Waals surface area contributed by atoms with Gasteiger partial charge in [0.05, 0.1) is 7.11 Å². The van der Waals surface area contributed by atoms with Gasteiger partial charge < -0.3 is 15.0 Å². The van der Waals surface area contributed by atoms with Gasteiger partial charge in [0.15, 0.2) is 17.4 Å². The number of nitrogens with zero attached hydrogens (tertiary/aromatic N) is 2. The van der Waals surface area contributed by atoms with E-state index in [1.807, 2.05) is 6.92 Å². The van der Waals surface area contributed by atoms with Crippen molar-refractivity contribution in [2.24, 2.45) is 5.73 Å². The summed E-state index contributed by atoms with van der Waals surface area (Å²) in [6.07, 6.45) is 1.37. The Hall–Kier alpha value is -1.95. The standard InChI is InChI=1S/C13H16FN3O2/c1-3-9(15)7-12-16-13(19-17-12)8-4-5-11(18-2)10(14)6-8/h4-6,9H,3,7,15H2,1-2H3.